The number of esters is 1. The molecule has 2 aromatic carbocycles. The molecule has 3 nitrogen and oxygen atoms in total. The molecule has 0 N–H and O–H groups in total. The number of halogens is 2. The Morgan fingerprint density at radius 2 is 1.74 bits per heavy atom. The first kappa shape index (κ1) is 17.3. The van der Waals surface area contributed by atoms with Crippen LogP contribution < -0.4 is 0 Å². The van der Waals surface area contributed by atoms with Crippen LogP contribution in [0.1, 0.15) is 22.8 Å². The molecule has 0 amide bonds. The Morgan fingerprint density at radius 1 is 1.04 bits per heavy atom. The van der Waals surface area contributed by atoms with Gasteiger partial charge in [0.2, 0.25) is 5.78 Å². The topological polar surface area (TPSA) is 43.4 Å². The minimum atomic E-state index is -0.858. The fraction of sp³-hybridized carbons (Fsp3) is 0.111. The van der Waals surface area contributed by atoms with Gasteiger partial charge < -0.3 is 4.74 Å². The molecule has 0 fully saturated rings. The van der Waals surface area contributed by atoms with Crippen molar-refractivity contribution in [3.05, 3.63) is 75.8 Å². The Bertz CT molecular complexity index is 739. The third-order valence-electron chi connectivity index (χ3n) is 3.08. The van der Waals surface area contributed by atoms with Crippen molar-refractivity contribution in [1.82, 2.24) is 0 Å². The van der Waals surface area contributed by atoms with Gasteiger partial charge >= 0.3 is 5.97 Å². The van der Waals surface area contributed by atoms with Crippen molar-refractivity contribution >= 4 is 41.0 Å². The average molecular weight is 349 g/mol. The second-order valence-electron chi connectivity index (χ2n) is 4.82. The Kier molecular flexibility index (Phi) is 5.97. The normalized spacial score (nSPS) is 12.1. The summed E-state index contributed by atoms with van der Waals surface area (Å²) < 4.78 is 5.11. The lowest BCUT2D eigenvalue weighted by molar-refractivity contribution is -0.140. The minimum absolute atomic E-state index is 0.248. The first-order valence-corrected chi connectivity index (χ1v) is 7.66. The zero-order valence-electron chi connectivity index (χ0n) is 12.3. The molecule has 0 radical (unpaired) electrons. The maximum atomic E-state index is 12.1. The van der Waals surface area contributed by atoms with Gasteiger partial charge in [0.25, 0.3) is 0 Å². The average Bonchev–Trinajstić information content (AvgIpc) is 2.56. The third kappa shape index (κ3) is 4.95. The Balaban J connectivity index is 1.97. The molecule has 0 saturated carbocycles. The molecule has 2 rings (SSSR count). The highest BCUT2D eigenvalue weighted by Crippen LogP contribution is 2.23. The molecule has 0 aliphatic heterocycles. The van der Waals surface area contributed by atoms with Crippen LogP contribution in [0, 0.1) is 0 Å². The van der Waals surface area contributed by atoms with Crippen molar-refractivity contribution in [3.63, 3.8) is 0 Å². The zero-order chi connectivity index (χ0) is 16.8. The van der Waals surface area contributed by atoms with Crippen molar-refractivity contribution in [1.29, 1.82) is 0 Å². The van der Waals surface area contributed by atoms with Crippen molar-refractivity contribution in [3.8, 4) is 0 Å². The van der Waals surface area contributed by atoms with Gasteiger partial charge in [0.1, 0.15) is 0 Å². The number of benzene rings is 2. The van der Waals surface area contributed by atoms with E-state index in [0.717, 1.165) is 0 Å². The fourth-order valence-corrected chi connectivity index (χ4v) is 2.19. The van der Waals surface area contributed by atoms with E-state index < -0.39 is 12.1 Å². The van der Waals surface area contributed by atoms with Gasteiger partial charge in [-0.25, -0.2) is 4.79 Å². The maximum absolute atomic E-state index is 12.1. The number of carbonyl (C=O) groups excluding carboxylic acids is 2. The number of carbonyl (C=O) groups is 2. The van der Waals surface area contributed by atoms with Gasteiger partial charge in [0, 0.05) is 11.6 Å². The number of hydrogen-bond donors (Lipinski definition) is 0. The van der Waals surface area contributed by atoms with E-state index in [4.69, 9.17) is 27.9 Å². The van der Waals surface area contributed by atoms with Gasteiger partial charge in [0.05, 0.1) is 10.0 Å². The van der Waals surface area contributed by atoms with E-state index in [1.165, 1.54) is 6.08 Å². The van der Waals surface area contributed by atoms with Crippen LogP contribution in [0.4, 0.5) is 0 Å². The van der Waals surface area contributed by atoms with Crippen LogP contribution in [0.15, 0.2) is 54.6 Å². The second kappa shape index (κ2) is 7.95. The number of rotatable bonds is 5. The molecule has 0 aliphatic carbocycles. The number of hydrogen-bond acceptors (Lipinski definition) is 3. The van der Waals surface area contributed by atoms with Gasteiger partial charge in [-0.1, -0.05) is 59.6 Å². The third-order valence-corrected chi connectivity index (χ3v) is 3.82. The quantitative estimate of drug-likeness (QED) is 0.442. The fourth-order valence-electron chi connectivity index (χ4n) is 1.88. The van der Waals surface area contributed by atoms with E-state index in [9.17, 15) is 9.59 Å². The van der Waals surface area contributed by atoms with Crippen molar-refractivity contribution in [2.24, 2.45) is 0 Å². The Hall–Kier alpha value is -2.10. The summed E-state index contributed by atoms with van der Waals surface area (Å²) in [5.74, 6) is -0.852. The standard InChI is InChI=1S/C18H14Cl2O3/c1-12(18(22)14-5-3-2-4-6-14)23-17(21)10-8-13-7-9-15(19)16(20)11-13/h2-12H,1H3. The first-order valence-electron chi connectivity index (χ1n) is 6.90. The van der Waals surface area contributed by atoms with Crippen LogP contribution in [-0.2, 0) is 9.53 Å². The van der Waals surface area contributed by atoms with E-state index in [1.807, 2.05) is 6.07 Å². The van der Waals surface area contributed by atoms with Gasteiger partial charge in [0.15, 0.2) is 6.10 Å². The van der Waals surface area contributed by atoms with Crippen molar-refractivity contribution in [2.75, 3.05) is 0 Å². The number of Topliss-reactive ketones (excluding diaryl/α,β-unsaturated/α-hetero) is 1. The summed E-state index contributed by atoms with van der Waals surface area (Å²) in [6.45, 7) is 1.54. The van der Waals surface area contributed by atoms with E-state index in [2.05, 4.69) is 0 Å². The molecule has 0 heterocycles. The lowest BCUT2D eigenvalue weighted by atomic mass is 10.1. The van der Waals surface area contributed by atoms with Gasteiger partial charge in [-0.3, -0.25) is 4.79 Å². The highest BCUT2D eigenvalue weighted by molar-refractivity contribution is 6.42. The molecule has 0 bridgehead atoms. The summed E-state index contributed by atoms with van der Waals surface area (Å²) in [6, 6.07) is 13.7. The zero-order valence-corrected chi connectivity index (χ0v) is 13.8. The van der Waals surface area contributed by atoms with E-state index in [1.54, 1.807) is 55.5 Å². The predicted octanol–water partition coefficient (Wildman–Crippen LogP) is 4.82. The highest BCUT2D eigenvalue weighted by Gasteiger charge is 2.17. The molecule has 0 aromatic heterocycles. The molecule has 0 spiro atoms. The largest absolute Gasteiger partial charge is 0.451 e. The van der Waals surface area contributed by atoms with Crippen LogP contribution in [0.2, 0.25) is 10.0 Å². The lowest BCUT2D eigenvalue weighted by Crippen LogP contribution is -2.23. The van der Waals surface area contributed by atoms with Crippen LogP contribution in [0.5, 0.6) is 0 Å². The maximum Gasteiger partial charge on any atom is 0.331 e. The predicted molar refractivity (Wildman–Crippen MR) is 91.8 cm³/mol. The van der Waals surface area contributed by atoms with Crippen molar-refractivity contribution < 1.29 is 14.3 Å². The summed E-state index contributed by atoms with van der Waals surface area (Å²) in [5, 5.41) is 0.836. The van der Waals surface area contributed by atoms with E-state index >= 15 is 0 Å². The lowest BCUT2D eigenvalue weighted by Gasteiger charge is -2.10. The van der Waals surface area contributed by atoms with E-state index in [0.29, 0.717) is 21.2 Å². The number of ketones is 1. The molecule has 2 aromatic rings. The minimum Gasteiger partial charge on any atom is -0.451 e. The molecule has 0 aliphatic rings. The number of ether oxygens (including phenoxy) is 1. The van der Waals surface area contributed by atoms with Gasteiger partial charge in [-0.05, 0) is 30.7 Å². The van der Waals surface area contributed by atoms with Gasteiger partial charge in [-0.2, -0.15) is 0 Å². The molecule has 118 valence electrons. The second-order valence-corrected chi connectivity index (χ2v) is 5.63. The Labute approximate surface area is 144 Å². The van der Waals surface area contributed by atoms with Crippen LogP contribution in [0.25, 0.3) is 6.08 Å². The van der Waals surface area contributed by atoms with Crippen LogP contribution in [0.3, 0.4) is 0 Å². The summed E-state index contributed by atoms with van der Waals surface area (Å²) in [4.78, 5) is 23.9. The van der Waals surface area contributed by atoms with E-state index in [-0.39, 0.29) is 5.78 Å². The van der Waals surface area contributed by atoms with Crippen LogP contribution in [-0.4, -0.2) is 17.9 Å². The summed E-state index contributed by atoms with van der Waals surface area (Å²) in [5.41, 5.74) is 1.21. The highest BCUT2D eigenvalue weighted by atomic mass is 35.5. The monoisotopic (exact) mass is 348 g/mol. The molecule has 0 saturated heterocycles. The molecular weight excluding hydrogens is 335 g/mol. The molecular formula is C18H14Cl2O3. The molecule has 5 heteroatoms. The smallest absolute Gasteiger partial charge is 0.331 e. The first-order chi connectivity index (χ1) is 11.0. The molecule has 1 unspecified atom stereocenters. The Morgan fingerprint density at radius 3 is 2.39 bits per heavy atom. The summed E-state index contributed by atoms with van der Waals surface area (Å²) >= 11 is 11.7. The molecule has 23 heavy (non-hydrogen) atoms. The van der Waals surface area contributed by atoms with Gasteiger partial charge in [-0.15, -0.1) is 0 Å². The SMILES string of the molecule is CC(OC(=O)C=Cc1ccc(Cl)c(Cl)c1)C(=O)c1ccccc1. The van der Waals surface area contributed by atoms with Crippen LogP contribution >= 0.6 is 23.2 Å². The summed E-state index contributed by atoms with van der Waals surface area (Å²) in [7, 11) is 0. The van der Waals surface area contributed by atoms with Crippen molar-refractivity contribution in [2.45, 2.75) is 13.0 Å². The summed E-state index contributed by atoms with van der Waals surface area (Å²) in [6.07, 6.45) is 1.93. The molecule has 1 atom stereocenters.